The fraction of sp³-hybridized carbons (Fsp3) is 0.250. The van der Waals surface area contributed by atoms with Gasteiger partial charge in [0.1, 0.15) is 0 Å². The van der Waals surface area contributed by atoms with E-state index < -0.39 is 10.0 Å². The van der Waals surface area contributed by atoms with Gasteiger partial charge in [0.15, 0.2) is 0 Å². The number of hydrogen-bond donors (Lipinski definition) is 1. The predicted molar refractivity (Wildman–Crippen MR) is 107 cm³/mol. The number of sulfonamides is 1. The van der Waals surface area contributed by atoms with Crippen molar-refractivity contribution in [2.75, 3.05) is 11.4 Å². The maximum atomic E-state index is 12.5. The summed E-state index contributed by atoms with van der Waals surface area (Å²) >= 11 is 0. The number of nitrogens with zero attached hydrogens (tertiary/aromatic N) is 3. The zero-order valence-electron chi connectivity index (χ0n) is 15.8. The first-order valence-corrected chi connectivity index (χ1v) is 10.7. The van der Waals surface area contributed by atoms with Crippen LogP contribution < -0.4 is 9.62 Å². The molecule has 1 fully saturated rings. The molecular weight excluding hydrogens is 392 g/mol. The molecule has 3 aromatic rings. The summed E-state index contributed by atoms with van der Waals surface area (Å²) in [6, 6.07) is 13.9. The first-order valence-electron chi connectivity index (χ1n) is 9.22. The maximum absolute atomic E-state index is 12.5. The topological polar surface area (TPSA) is 105 Å². The number of amides is 1. The minimum Gasteiger partial charge on any atom is -0.338 e. The molecule has 0 unspecified atom stereocenters. The molecule has 0 saturated carbocycles. The number of benzene rings is 2. The largest absolute Gasteiger partial charge is 0.338 e. The summed E-state index contributed by atoms with van der Waals surface area (Å²) in [5, 5.41) is 3.91. The van der Waals surface area contributed by atoms with Crippen molar-refractivity contribution >= 4 is 21.6 Å². The Hall–Kier alpha value is -3.04. The average molecular weight is 412 g/mol. The summed E-state index contributed by atoms with van der Waals surface area (Å²) in [6.45, 7) is 2.50. The number of aromatic nitrogens is 2. The van der Waals surface area contributed by atoms with Crippen LogP contribution in [0.4, 0.5) is 5.69 Å². The second-order valence-electron chi connectivity index (χ2n) is 6.85. The standard InChI is InChI=1S/C20H20N4O4S/c1-14-4-2-5-15(12-14)20-22-18(28-23-20)13-21-29(26,27)17-9-7-16(8-10-17)24-11-3-6-19(24)25/h2,4-5,7-10,12,21H,3,6,11,13H2,1H3. The van der Waals surface area contributed by atoms with Gasteiger partial charge in [-0.2, -0.15) is 4.98 Å². The molecule has 2 heterocycles. The number of carbonyl (C=O) groups excluding carboxylic acids is 1. The van der Waals surface area contributed by atoms with E-state index in [0.717, 1.165) is 17.5 Å². The van der Waals surface area contributed by atoms with Gasteiger partial charge in [0.25, 0.3) is 0 Å². The molecule has 0 atom stereocenters. The third-order valence-corrected chi connectivity index (χ3v) is 6.11. The molecule has 8 nitrogen and oxygen atoms in total. The Labute approximate surface area is 168 Å². The number of aryl methyl sites for hydroxylation is 1. The molecule has 9 heteroatoms. The molecule has 1 aliphatic heterocycles. The van der Waals surface area contributed by atoms with E-state index >= 15 is 0 Å². The summed E-state index contributed by atoms with van der Waals surface area (Å²) in [4.78, 5) is 17.8. The van der Waals surface area contributed by atoms with Crippen LogP contribution in [0.5, 0.6) is 0 Å². The van der Waals surface area contributed by atoms with Gasteiger partial charge in [-0.25, -0.2) is 13.1 Å². The molecular formula is C20H20N4O4S. The van der Waals surface area contributed by atoms with E-state index in [1.807, 2.05) is 31.2 Å². The molecule has 150 valence electrons. The molecule has 0 bridgehead atoms. The van der Waals surface area contributed by atoms with Gasteiger partial charge in [0, 0.05) is 24.2 Å². The minimum atomic E-state index is -3.76. The maximum Gasteiger partial charge on any atom is 0.242 e. The summed E-state index contributed by atoms with van der Waals surface area (Å²) in [5.41, 5.74) is 2.56. The Morgan fingerprint density at radius 3 is 2.66 bits per heavy atom. The van der Waals surface area contributed by atoms with Gasteiger partial charge in [0.05, 0.1) is 11.4 Å². The van der Waals surface area contributed by atoms with Crippen LogP contribution in [0.15, 0.2) is 57.9 Å². The molecule has 1 amide bonds. The summed E-state index contributed by atoms with van der Waals surface area (Å²) in [6.07, 6.45) is 1.34. The lowest BCUT2D eigenvalue weighted by Crippen LogP contribution is -2.25. The van der Waals surface area contributed by atoms with Gasteiger partial charge in [-0.1, -0.05) is 28.9 Å². The SMILES string of the molecule is Cc1cccc(-c2noc(CNS(=O)(=O)c3ccc(N4CCCC4=O)cc3)n2)c1. The third-order valence-electron chi connectivity index (χ3n) is 4.69. The van der Waals surface area contributed by atoms with E-state index in [0.29, 0.717) is 24.5 Å². The smallest absolute Gasteiger partial charge is 0.242 e. The van der Waals surface area contributed by atoms with Gasteiger partial charge < -0.3 is 9.42 Å². The molecule has 0 spiro atoms. The van der Waals surface area contributed by atoms with Crippen molar-refractivity contribution < 1.29 is 17.7 Å². The molecule has 0 radical (unpaired) electrons. The second-order valence-corrected chi connectivity index (χ2v) is 8.62. The lowest BCUT2D eigenvalue weighted by Gasteiger charge is -2.15. The highest BCUT2D eigenvalue weighted by Gasteiger charge is 2.22. The van der Waals surface area contributed by atoms with E-state index in [9.17, 15) is 13.2 Å². The van der Waals surface area contributed by atoms with Gasteiger partial charge >= 0.3 is 0 Å². The van der Waals surface area contributed by atoms with Crippen molar-refractivity contribution in [2.45, 2.75) is 31.2 Å². The van der Waals surface area contributed by atoms with Crippen molar-refractivity contribution in [2.24, 2.45) is 0 Å². The van der Waals surface area contributed by atoms with Gasteiger partial charge in [-0.05, 0) is 43.7 Å². The number of carbonyl (C=O) groups is 1. The second kappa shape index (κ2) is 7.76. The van der Waals surface area contributed by atoms with E-state index in [4.69, 9.17) is 4.52 Å². The van der Waals surface area contributed by atoms with Crippen LogP contribution in [0.3, 0.4) is 0 Å². The van der Waals surface area contributed by atoms with Crippen molar-refractivity contribution in [1.82, 2.24) is 14.9 Å². The molecule has 2 aromatic carbocycles. The van der Waals surface area contributed by atoms with Crippen molar-refractivity contribution in [3.05, 3.63) is 60.0 Å². The monoisotopic (exact) mass is 412 g/mol. The van der Waals surface area contributed by atoms with Crippen molar-refractivity contribution in [1.29, 1.82) is 0 Å². The van der Waals surface area contributed by atoms with Crippen LogP contribution in [0.1, 0.15) is 24.3 Å². The Kier molecular flexibility index (Phi) is 5.16. The Bertz CT molecular complexity index is 1140. The number of anilines is 1. The van der Waals surface area contributed by atoms with Gasteiger partial charge in [-0.15, -0.1) is 0 Å². The molecule has 1 saturated heterocycles. The van der Waals surface area contributed by atoms with Crippen LogP contribution in [0.25, 0.3) is 11.4 Å². The molecule has 4 rings (SSSR count). The molecule has 0 aliphatic carbocycles. The summed E-state index contributed by atoms with van der Waals surface area (Å²) in [7, 11) is -3.76. The highest BCUT2D eigenvalue weighted by Crippen LogP contribution is 2.23. The van der Waals surface area contributed by atoms with Gasteiger partial charge in [0.2, 0.25) is 27.6 Å². The molecule has 1 aromatic heterocycles. The summed E-state index contributed by atoms with van der Waals surface area (Å²) < 4.78 is 32.7. The van der Waals surface area contributed by atoms with Crippen molar-refractivity contribution in [3.8, 4) is 11.4 Å². The van der Waals surface area contributed by atoms with E-state index in [1.165, 1.54) is 12.1 Å². The Morgan fingerprint density at radius 2 is 1.97 bits per heavy atom. The van der Waals surface area contributed by atoms with E-state index in [1.54, 1.807) is 17.0 Å². The fourth-order valence-corrected chi connectivity index (χ4v) is 4.17. The Balaban J connectivity index is 1.43. The predicted octanol–water partition coefficient (Wildman–Crippen LogP) is 2.65. The average Bonchev–Trinajstić information content (AvgIpc) is 3.36. The van der Waals surface area contributed by atoms with Gasteiger partial charge in [-0.3, -0.25) is 4.79 Å². The zero-order chi connectivity index (χ0) is 20.4. The van der Waals surface area contributed by atoms with Crippen molar-refractivity contribution in [3.63, 3.8) is 0 Å². The zero-order valence-corrected chi connectivity index (χ0v) is 16.6. The fourth-order valence-electron chi connectivity index (χ4n) is 3.19. The van der Waals surface area contributed by atoms with E-state index in [2.05, 4.69) is 14.9 Å². The third kappa shape index (κ3) is 4.20. The number of nitrogens with one attached hydrogen (secondary N) is 1. The van der Waals surface area contributed by atoms with Crippen LogP contribution in [0.2, 0.25) is 0 Å². The molecule has 29 heavy (non-hydrogen) atoms. The highest BCUT2D eigenvalue weighted by molar-refractivity contribution is 7.89. The van der Waals surface area contributed by atoms with Crippen LogP contribution in [-0.2, 0) is 21.4 Å². The normalized spacial score (nSPS) is 14.5. The first kappa shape index (κ1) is 19.3. The summed E-state index contributed by atoms with van der Waals surface area (Å²) in [5.74, 6) is 0.631. The van der Waals surface area contributed by atoms with Crippen LogP contribution in [0, 0.1) is 6.92 Å². The first-order chi connectivity index (χ1) is 13.9. The van der Waals surface area contributed by atoms with Crippen LogP contribution in [-0.4, -0.2) is 31.0 Å². The minimum absolute atomic E-state index is 0.0551. The van der Waals surface area contributed by atoms with Crippen LogP contribution >= 0.6 is 0 Å². The van der Waals surface area contributed by atoms with E-state index in [-0.39, 0.29) is 23.2 Å². The highest BCUT2D eigenvalue weighted by atomic mass is 32.2. The lowest BCUT2D eigenvalue weighted by atomic mass is 10.1. The number of rotatable bonds is 6. The molecule has 1 N–H and O–H groups in total. The Morgan fingerprint density at radius 1 is 1.17 bits per heavy atom. The quantitative estimate of drug-likeness (QED) is 0.667. The molecule has 1 aliphatic rings. The number of hydrogen-bond acceptors (Lipinski definition) is 6. The lowest BCUT2D eigenvalue weighted by molar-refractivity contribution is -0.117.